The molecule has 2 heterocycles. The molecule has 2 aromatic rings. The Bertz CT molecular complexity index is 880. The van der Waals surface area contributed by atoms with Crippen molar-refractivity contribution in [1.82, 2.24) is 14.5 Å². The molecule has 0 saturated carbocycles. The molecule has 0 unspecified atom stereocenters. The zero-order valence-electron chi connectivity index (χ0n) is 16.0. The van der Waals surface area contributed by atoms with E-state index in [2.05, 4.69) is 17.1 Å². The number of hydrogen-bond acceptors (Lipinski definition) is 6. The van der Waals surface area contributed by atoms with Crippen molar-refractivity contribution in [2.45, 2.75) is 26.3 Å². The van der Waals surface area contributed by atoms with E-state index in [1.165, 1.54) is 15.7 Å². The Balaban J connectivity index is 1.98. The van der Waals surface area contributed by atoms with Crippen molar-refractivity contribution >= 4 is 11.5 Å². The summed E-state index contributed by atoms with van der Waals surface area (Å²) >= 11 is 0. The molecule has 27 heavy (non-hydrogen) atoms. The fourth-order valence-electron chi connectivity index (χ4n) is 3.46. The second kappa shape index (κ2) is 7.87. The number of hydrogen-bond donors (Lipinski definition) is 0. The molecule has 0 spiro atoms. The fourth-order valence-corrected chi connectivity index (χ4v) is 3.46. The Labute approximate surface area is 158 Å². The van der Waals surface area contributed by atoms with Gasteiger partial charge in [0.15, 0.2) is 0 Å². The Morgan fingerprint density at radius 1 is 1.19 bits per heavy atom. The first-order valence-corrected chi connectivity index (χ1v) is 9.10. The van der Waals surface area contributed by atoms with Crippen LogP contribution in [0.3, 0.4) is 0 Å². The summed E-state index contributed by atoms with van der Waals surface area (Å²) in [6.07, 6.45) is 1.55. The minimum absolute atomic E-state index is 0.191. The molecule has 0 aliphatic carbocycles. The number of benzene rings is 1. The van der Waals surface area contributed by atoms with Crippen molar-refractivity contribution in [2.24, 2.45) is 0 Å². The third kappa shape index (κ3) is 4.00. The summed E-state index contributed by atoms with van der Waals surface area (Å²) in [7, 11) is 3.79. The van der Waals surface area contributed by atoms with Crippen LogP contribution in [0.25, 0.3) is 0 Å². The lowest BCUT2D eigenvalue weighted by atomic mass is 10.0. The molecule has 0 fully saturated rings. The quantitative estimate of drug-likeness (QED) is 0.587. The maximum Gasteiger partial charge on any atom is 0.376 e. The third-order valence-electron chi connectivity index (χ3n) is 4.99. The van der Waals surface area contributed by atoms with Gasteiger partial charge in [-0.15, -0.1) is 0 Å². The van der Waals surface area contributed by atoms with Crippen LogP contribution in [0.5, 0.6) is 0 Å². The Hall–Kier alpha value is -2.74. The lowest BCUT2D eigenvalue weighted by Gasteiger charge is -2.22. The molecule has 1 aromatic heterocycles. The number of nitrogens with zero attached hydrogens (tertiary/aromatic N) is 5. The molecule has 0 radical (unpaired) electrons. The van der Waals surface area contributed by atoms with E-state index in [9.17, 15) is 14.9 Å². The van der Waals surface area contributed by atoms with Gasteiger partial charge in [0, 0.05) is 26.2 Å². The van der Waals surface area contributed by atoms with E-state index in [-0.39, 0.29) is 5.82 Å². The molecule has 8 heteroatoms. The number of anilines is 1. The highest BCUT2D eigenvalue weighted by Gasteiger charge is 2.29. The summed E-state index contributed by atoms with van der Waals surface area (Å²) in [5.41, 5.74) is 1.49. The van der Waals surface area contributed by atoms with Gasteiger partial charge in [-0.1, -0.05) is 24.3 Å². The van der Waals surface area contributed by atoms with E-state index in [4.69, 9.17) is 0 Å². The number of aryl methyl sites for hydroxylation is 1. The largest absolute Gasteiger partial charge is 0.376 e. The minimum Gasteiger partial charge on any atom is -0.350 e. The smallest absolute Gasteiger partial charge is 0.350 e. The van der Waals surface area contributed by atoms with Crippen LogP contribution in [-0.2, 0) is 19.4 Å². The van der Waals surface area contributed by atoms with Gasteiger partial charge in [0.25, 0.3) is 0 Å². The standard InChI is InChI=1S/C19H25N5O3/c1-14-20-18(17(24(26)27)19(25)23(14)13-12-21(2)3)22-10-8-15-6-4-5-7-16(15)9-11-22/h4-7H,8-13H2,1-3H3. The van der Waals surface area contributed by atoms with Crippen molar-refractivity contribution < 1.29 is 4.92 Å². The summed E-state index contributed by atoms with van der Waals surface area (Å²) in [4.78, 5) is 32.3. The molecule has 1 aromatic carbocycles. The minimum atomic E-state index is -0.589. The van der Waals surface area contributed by atoms with Crippen molar-refractivity contribution in [2.75, 3.05) is 38.6 Å². The van der Waals surface area contributed by atoms with Crippen LogP contribution in [0.2, 0.25) is 0 Å². The molecule has 1 aliphatic heterocycles. The van der Waals surface area contributed by atoms with Gasteiger partial charge in [0.1, 0.15) is 5.82 Å². The van der Waals surface area contributed by atoms with Crippen LogP contribution in [0, 0.1) is 17.0 Å². The lowest BCUT2D eigenvalue weighted by molar-refractivity contribution is -0.386. The van der Waals surface area contributed by atoms with Crippen LogP contribution in [-0.4, -0.2) is 53.1 Å². The number of aromatic nitrogens is 2. The van der Waals surface area contributed by atoms with Crippen LogP contribution < -0.4 is 10.5 Å². The average Bonchev–Trinajstić information content (AvgIpc) is 2.83. The van der Waals surface area contributed by atoms with E-state index in [0.717, 1.165) is 12.8 Å². The van der Waals surface area contributed by atoms with Gasteiger partial charge >= 0.3 is 11.2 Å². The first-order valence-electron chi connectivity index (χ1n) is 9.10. The first kappa shape index (κ1) is 19.0. The highest BCUT2D eigenvalue weighted by Crippen LogP contribution is 2.25. The predicted octanol–water partition coefficient (Wildman–Crippen LogP) is 1.63. The number of rotatable bonds is 5. The maximum atomic E-state index is 12.8. The van der Waals surface area contributed by atoms with E-state index < -0.39 is 16.2 Å². The van der Waals surface area contributed by atoms with Gasteiger partial charge in [0.05, 0.1) is 4.92 Å². The van der Waals surface area contributed by atoms with Gasteiger partial charge < -0.3 is 9.80 Å². The van der Waals surface area contributed by atoms with Crippen LogP contribution in [0.4, 0.5) is 11.5 Å². The summed E-state index contributed by atoms with van der Waals surface area (Å²) in [5, 5.41) is 11.7. The van der Waals surface area contributed by atoms with Crippen LogP contribution in [0.15, 0.2) is 29.1 Å². The van der Waals surface area contributed by atoms with Crippen molar-refractivity contribution in [3.05, 3.63) is 61.7 Å². The molecular formula is C19H25N5O3. The molecule has 0 amide bonds. The first-order chi connectivity index (χ1) is 12.9. The summed E-state index contributed by atoms with van der Waals surface area (Å²) in [5.74, 6) is 0.695. The van der Waals surface area contributed by atoms with Crippen molar-refractivity contribution in [1.29, 1.82) is 0 Å². The molecule has 8 nitrogen and oxygen atoms in total. The number of nitro groups is 1. The zero-order valence-corrected chi connectivity index (χ0v) is 16.0. The topological polar surface area (TPSA) is 84.5 Å². The molecule has 0 N–H and O–H groups in total. The monoisotopic (exact) mass is 371 g/mol. The second-order valence-corrected chi connectivity index (χ2v) is 7.10. The normalized spacial score (nSPS) is 14.1. The van der Waals surface area contributed by atoms with E-state index in [0.29, 0.717) is 32.0 Å². The molecule has 144 valence electrons. The highest BCUT2D eigenvalue weighted by molar-refractivity contribution is 5.57. The van der Waals surface area contributed by atoms with E-state index in [1.54, 1.807) is 6.92 Å². The average molecular weight is 371 g/mol. The van der Waals surface area contributed by atoms with Crippen LogP contribution >= 0.6 is 0 Å². The molecule has 1 aliphatic rings. The van der Waals surface area contributed by atoms with Gasteiger partial charge in [-0.3, -0.25) is 19.5 Å². The summed E-state index contributed by atoms with van der Waals surface area (Å²) in [6, 6.07) is 8.19. The van der Waals surface area contributed by atoms with Crippen molar-refractivity contribution in [3.63, 3.8) is 0 Å². The van der Waals surface area contributed by atoms with Gasteiger partial charge in [-0.2, -0.15) is 0 Å². The van der Waals surface area contributed by atoms with Gasteiger partial charge in [-0.05, 0) is 45.0 Å². The number of likely N-dealkylation sites (N-methyl/N-ethyl adjacent to an activating group) is 1. The zero-order chi connectivity index (χ0) is 19.6. The predicted molar refractivity (Wildman–Crippen MR) is 105 cm³/mol. The second-order valence-electron chi connectivity index (χ2n) is 7.10. The molecule has 3 rings (SSSR count). The third-order valence-corrected chi connectivity index (χ3v) is 4.99. The molecule has 0 saturated heterocycles. The number of fused-ring (bicyclic) bond motifs is 1. The molecule has 0 bridgehead atoms. The van der Waals surface area contributed by atoms with E-state index >= 15 is 0 Å². The van der Waals surface area contributed by atoms with Crippen molar-refractivity contribution in [3.8, 4) is 0 Å². The summed E-state index contributed by atoms with van der Waals surface area (Å²) in [6.45, 7) is 3.92. The molecule has 0 atom stereocenters. The Kier molecular flexibility index (Phi) is 5.55. The van der Waals surface area contributed by atoms with Gasteiger partial charge in [-0.25, -0.2) is 4.98 Å². The van der Waals surface area contributed by atoms with Crippen LogP contribution in [0.1, 0.15) is 17.0 Å². The Morgan fingerprint density at radius 3 is 2.30 bits per heavy atom. The van der Waals surface area contributed by atoms with E-state index in [1.807, 2.05) is 36.0 Å². The summed E-state index contributed by atoms with van der Waals surface area (Å²) < 4.78 is 1.40. The highest BCUT2D eigenvalue weighted by atomic mass is 16.6. The Morgan fingerprint density at radius 2 is 1.78 bits per heavy atom. The maximum absolute atomic E-state index is 12.8. The van der Waals surface area contributed by atoms with Gasteiger partial charge in [0.2, 0.25) is 5.82 Å². The lowest BCUT2D eigenvalue weighted by Crippen LogP contribution is -2.35. The SMILES string of the molecule is Cc1nc(N2CCc3ccccc3CC2)c([N+](=O)[O-])c(=O)n1CCN(C)C. The fraction of sp³-hybridized carbons (Fsp3) is 0.474. The molecular weight excluding hydrogens is 346 g/mol.